The number of aromatic nitrogens is 1. The standard InChI is InChI=1S/C24H22ClFN2.ClH/c1-17-22(15-27-14-18-10-12-20(26)13-11-18)21-7-3-5-9-24(21)28(17)16-19-6-2-4-8-23(19)25;/h2-13,27H,14-16H2,1H3;1H. The van der Waals surface area contributed by atoms with Crippen LogP contribution in [0.3, 0.4) is 0 Å². The van der Waals surface area contributed by atoms with E-state index in [2.05, 4.69) is 47.1 Å². The largest absolute Gasteiger partial charge is 0.340 e. The fourth-order valence-corrected chi connectivity index (χ4v) is 3.86. The minimum atomic E-state index is -0.206. The molecular formula is C24H23Cl2FN2. The molecule has 0 saturated heterocycles. The fraction of sp³-hybridized carbons (Fsp3) is 0.167. The monoisotopic (exact) mass is 428 g/mol. The lowest BCUT2D eigenvalue weighted by molar-refractivity contribution is 0.624. The topological polar surface area (TPSA) is 17.0 Å². The fourth-order valence-electron chi connectivity index (χ4n) is 3.66. The van der Waals surface area contributed by atoms with E-state index in [0.717, 1.165) is 29.2 Å². The van der Waals surface area contributed by atoms with Gasteiger partial charge >= 0.3 is 0 Å². The van der Waals surface area contributed by atoms with Crippen LogP contribution in [-0.4, -0.2) is 4.57 Å². The van der Waals surface area contributed by atoms with Gasteiger partial charge in [-0.15, -0.1) is 12.4 Å². The molecule has 0 bridgehead atoms. The maximum Gasteiger partial charge on any atom is 0.123 e. The summed E-state index contributed by atoms with van der Waals surface area (Å²) in [7, 11) is 0. The van der Waals surface area contributed by atoms with E-state index in [-0.39, 0.29) is 18.2 Å². The molecule has 0 unspecified atom stereocenters. The second-order valence-electron chi connectivity index (χ2n) is 6.99. The molecule has 1 aromatic heterocycles. The Morgan fingerprint density at radius 1 is 0.897 bits per heavy atom. The number of hydrogen-bond acceptors (Lipinski definition) is 1. The first-order valence-corrected chi connectivity index (χ1v) is 9.76. The van der Waals surface area contributed by atoms with Gasteiger partial charge in [-0.25, -0.2) is 4.39 Å². The van der Waals surface area contributed by atoms with Gasteiger partial charge in [-0.05, 0) is 47.9 Å². The quantitative estimate of drug-likeness (QED) is 0.370. The molecule has 1 N–H and O–H groups in total. The minimum Gasteiger partial charge on any atom is -0.340 e. The average molecular weight is 429 g/mol. The molecule has 4 rings (SSSR count). The van der Waals surface area contributed by atoms with Crippen LogP contribution in [0.5, 0.6) is 0 Å². The Balaban J connectivity index is 0.00000240. The third-order valence-corrected chi connectivity index (χ3v) is 5.56. The van der Waals surface area contributed by atoms with Gasteiger partial charge in [0.2, 0.25) is 0 Å². The van der Waals surface area contributed by atoms with Gasteiger partial charge < -0.3 is 9.88 Å². The molecule has 0 atom stereocenters. The van der Waals surface area contributed by atoms with Crippen LogP contribution in [0.4, 0.5) is 4.39 Å². The third kappa shape index (κ3) is 4.64. The lowest BCUT2D eigenvalue weighted by atomic mass is 10.1. The molecule has 5 heteroatoms. The highest BCUT2D eigenvalue weighted by atomic mass is 35.5. The van der Waals surface area contributed by atoms with E-state index >= 15 is 0 Å². The van der Waals surface area contributed by atoms with Gasteiger partial charge in [0.05, 0.1) is 0 Å². The van der Waals surface area contributed by atoms with Crippen LogP contribution in [0, 0.1) is 12.7 Å². The molecule has 2 nitrogen and oxygen atoms in total. The van der Waals surface area contributed by atoms with E-state index in [1.807, 2.05) is 30.3 Å². The van der Waals surface area contributed by atoms with Crippen LogP contribution in [0.25, 0.3) is 10.9 Å². The summed E-state index contributed by atoms with van der Waals surface area (Å²) in [6.45, 7) is 4.35. The zero-order chi connectivity index (χ0) is 19.5. The van der Waals surface area contributed by atoms with Gasteiger partial charge in [0, 0.05) is 41.3 Å². The number of nitrogens with zero attached hydrogens (tertiary/aromatic N) is 1. The number of para-hydroxylation sites is 1. The van der Waals surface area contributed by atoms with Crippen molar-refractivity contribution in [3.63, 3.8) is 0 Å². The normalized spacial score (nSPS) is 10.9. The number of fused-ring (bicyclic) bond motifs is 1. The molecule has 0 spiro atoms. The molecule has 0 saturated carbocycles. The molecule has 4 aromatic rings. The van der Waals surface area contributed by atoms with Crippen molar-refractivity contribution in [2.75, 3.05) is 0 Å². The van der Waals surface area contributed by atoms with Crippen molar-refractivity contribution in [3.05, 3.63) is 106 Å². The summed E-state index contributed by atoms with van der Waals surface area (Å²) in [5.41, 5.74) is 5.90. The molecule has 1 heterocycles. The summed E-state index contributed by atoms with van der Waals surface area (Å²) in [6.07, 6.45) is 0. The Morgan fingerprint density at radius 3 is 2.34 bits per heavy atom. The summed E-state index contributed by atoms with van der Waals surface area (Å²) < 4.78 is 15.4. The Labute approximate surface area is 181 Å². The summed E-state index contributed by atoms with van der Waals surface area (Å²) in [5, 5.41) is 5.53. The Kier molecular flexibility index (Phi) is 6.96. The summed E-state index contributed by atoms with van der Waals surface area (Å²) in [5.74, 6) is -0.206. The van der Waals surface area contributed by atoms with Gasteiger partial charge in [0.25, 0.3) is 0 Å². The lowest BCUT2D eigenvalue weighted by Crippen LogP contribution is -2.13. The molecule has 0 aliphatic heterocycles. The highest BCUT2D eigenvalue weighted by Gasteiger charge is 2.14. The smallest absolute Gasteiger partial charge is 0.123 e. The predicted octanol–water partition coefficient (Wildman–Crippen LogP) is 6.50. The van der Waals surface area contributed by atoms with Crippen molar-refractivity contribution in [1.29, 1.82) is 0 Å². The molecule has 0 amide bonds. The molecule has 0 aliphatic rings. The number of rotatable bonds is 6. The summed E-state index contributed by atoms with van der Waals surface area (Å²) >= 11 is 6.39. The second-order valence-corrected chi connectivity index (χ2v) is 7.40. The van der Waals surface area contributed by atoms with E-state index in [4.69, 9.17) is 11.6 Å². The Hall–Kier alpha value is -2.33. The van der Waals surface area contributed by atoms with E-state index in [1.165, 1.54) is 34.3 Å². The van der Waals surface area contributed by atoms with Crippen LogP contribution in [0.2, 0.25) is 5.02 Å². The maximum absolute atomic E-state index is 13.1. The number of benzene rings is 3. The van der Waals surface area contributed by atoms with Crippen molar-refractivity contribution in [3.8, 4) is 0 Å². The van der Waals surface area contributed by atoms with E-state index in [0.29, 0.717) is 6.54 Å². The number of halogens is 3. The van der Waals surface area contributed by atoms with Crippen molar-refractivity contribution in [2.24, 2.45) is 0 Å². The van der Waals surface area contributed by atoms with E-state index in [9.17, 15) is 4.39 Å². The highest BCUT2D eigenvalue weighted by molar-refractivity contribution is 6.31. The zero-order valence-corrected chi connectivity index (χ0v) is 17.7. The van der Waals surface area contributed by atoms with Gasteiger partial charge in [0.15, 0.2) is 0 Å². The maximum atomic E-state index is 13.1. The van der Waals surface area contributed by atoms with Gasteiger partial charge in [-0.1, -0.05) is 60.1 Å². The average Bonchev–Trinajstić information content (AvgIpc) is 2.97. The van der Waals surface area contributed by atoms with Crippen LogP contribution in [0.15, 0.2) is 72.8 Å². The van der Waals surface area contributed by atoms with Crippen molar-refractivity contribution >= 4 is 34.9 Å². The Bertz CT molecular complexity index is 1100. The number of hydrogen-bond donors (Lipinski definition) is 1. The van der Waals surface area contributed by atoms with Crippen molar-refractivity contribution < 1.29 is 4.39 Å². The highest BCUT2D eigenvalue weighted by Crippen LogP contribution is 2.28. The summed E-state index contributed by atoms with van der Waals surface area (Å²) in [6, 6.07) is 23.1. The molecule has 150 valence electrons. The molecule has 29 heavy (non-hydrogen) atoms. The predicted molar refractivity (Wildman–Crippen MR) is 121 cm³/mol. The molecular weight excluding hydrogens is 406 g/mol. The van der Waals surface area contributed by atoms with E-state index in [1.54, 1.807) is 0 Å². The third-order valence-electron chi connectivity index (χ3n) is 5.19. The molecule has 0 radical (unpaired) electrons. The van der Waals surface area contributed by atoms with Gasteiger partial charge in [-0.2, -0.15) is 0 Å². The van der Waals surface area contributed by atoms with Crippen LogP contribution >= 0.6 is 24.0 Å². The lowest BCUT2D eigenvalue weighted by Gasteiger charge is -2.11. The zero-order valence-electron chi connectivity index (χ0n) is 16.2. The van der Waals surface area contributed by atoms with Crippen LogP contribution in [0.1, 0.15) is 22.4 Å². The first-order chi connectivity index (χ1) is 13.6. The van der Waals surface area contributed by atoms with Crippen LogP contribution < -0.4 is 5.32 Å². The van der Waals surface area contributed by atoms with Crippen molar-refractivity contribution in [2.45, 2.75) is 26.6 Å². The second kappa shape index (κ2) is 9.45. The molecule has 0 fully saturated rings. The minimum absolute atomic E-state index is 0. The summed E-state index contributed by atoms with van der Waals surface area (Å²) in [4.78, 5) is 0. The van der Waals surface area contributed by atoms with E-state index < -0.39 is 0 Å². The molecule has 3 aromatic carbocycles. The molecule has 0 aliphatic carbocycles. The van der Waals surface area contributed by atoms with Gasteiger partial charge in [-0.3, -0.25) is 0 Å². The van der Waals surface area contributed by atoms with Gasteiger partial charge in [0.1, 0.15) is 5.82 Å². The SMILES string of the molecule is Cc1c(CNCc2ccc(F)cc2)c2ccccc2n1Cc1ccccc1Cl.Cl. The first kappa shape index (κ1) is 21.4. The van der Waals surface area contributed by atoms with Crippen molar-refractivity contribution in [1.82, 2.24) is 9.88 Å². The number of nitrogens with one attached hydrogen (secondary N) is 1. The first-order valence-electron chi connectivity index (χ1n) is 9.39. The van der Waals surface area contributed by atoms with Crippen LogP contribution in [-0.2, 0) is 19.6 Å². The Morgan fingerprint density at radius 2 is 1.59 bits per heavy atom.